The predicted molar refractivity (Wildman–Crippen MR) is 166 cm³/mol. The molecule has 7 nitrogen and oxygen atoms in total. The zero-order chi connectivity index (χ0) is 30.3. The van der Waals surface area contributed by atoms with Crippen LogP contribution in [0.25, 0.3) is 10.8 Å². The van der Waals surface area contributed by atoms with Crippen molar-refractivity contribution in [1.29, 1.82) is 0 Å². The van der Waals surface area contributed by atoms with Gasteiger partial charge < -0.3 is 20.3 Å². The summed E-state index contributed by atoms with van der Waals surface area (Å²) in [5, 5.41) is 7.99. The molecule has 0 aliphatic rings. The number of hydrogen-bond donors (Lipinski definition) is 2. The Morgan fingerprint density at radius 3 is 2.12 bits per heavy atom. The number of nitrogens with zero attached hydrogens (tertiary/aromatic N) is 1. The average Bonchev–Trinajstić information content (AvgIpc) is 2.93. The van der Waals surface area contributed by atoms with Crippen LogP contribution in [0.3, 0.4) is 0 Å². The Hall–Kier alpha value is -3.87. The summed E-state index contributed by atoms with van der Waals surface area (Å²) in [6.45, 7) is 15.1. The normalized spacial score (nSPS) is 14.4. The Morgan fingerprint density at radius 2 is 1.51 bits per heavy atom. The van der Waals surface area contributed by atoms with E-state index < -0.39 is 23.8 Å². The number of carbonyl (C=O) groups is 3. The molecule has 4 atom stereocenters. The number of aryl methyl sites for hydroxylation is 1. The quantitative estimate of drug-likeness (QED) is 0.271. The largest absolute Gasteiger partial charge is 0.444 e. The second-order valence-corrected chi connectivity index (χ2v) is 11.8. The summed E-state index contributed by atoms with van der Waals surface area (Å²) >= 11 is 0. The van der Waals surface area contributed by atoms with Gasteiger partial charge in [-0.05, 0) is 81.0 Å². The Labute approximate surface area is 244 Å². The summed E-state index contributed by atoms with van der Waals surface area (Å²) in [7, 11) is 0. The second-order valence-electron chi connectivity index (χ2n) is 11.8. The molecule has 0 aliphatic heterocycles. The minimum Gasteiger partial charge on any atom is -0.444 e. The number of anilines is 1. The SMILES string of the molecule is CCC(C)C(NC(=O)OC(C)(C)C)C(=O)N(C(C)CC)C(C(=O)Nc1ccc2ccccc2c1)c1ccccc1C. The molecule has 2 N–H and O–H groups in total. The third kappa shape index (κ3) is 8.09. The molecule has 3 amide bonds. The highest BCUT2D eigenvalue weighted by molar-refractivity contribution is 6.00. The van der Waals surface area contributed by atoms with Crippen LogP contribution in [0, 0.1) is 12.8 Å². The topological polar surface area (TPSA) is 87.7 Å². The lowest BCUT2D eigenvalue weighted by Crippen LogP contribution is -2.56. The van der Waals surface area contributed by atoms with Crippen LogP contribution < -0.4 is 10.6 Å². The zero-order valence-electron chi connectivity index (χ0n) is 25.7. The molecule has 0 aliphatic carbocycles. The predicted octanol–water partition coefficient (Wildman–Crippen LogP) is 7.39. The van der Waals surface area contributed by atoms with Crippen molar-refractivity contribution in [2.75, 3.05) is 5.32 Å². The van der Waals surface area contributed by atoms with Crippen LogP contribution in [-0.4, -0.2) is 40.5 Å². The van der Waals surface area contributed by atoms with Gasteiger partial charge in [0.15, 0.2) is 0 Å². The molecule has 0 bridgehead atoms. The number of ether oxygens (including phenoxy) is 1. The minimum absolute atomic E-state index is 0.192. The number of nitrogens with one attached hydrogen (secondary N) is 2. The summed E-state index contributed by atoms with van der Waals surface area (Å²) in [4.78, 5) is 43.2. The van der Waals surface area contributed by atoms with Crippen LogP contribution in [-0.2, 0) is 14.3 Å². The van der Waals surface area contributed by atoms with E-state index in [-0.39, 0.29) is 23.8 Å². The van der Waals surface area contributed by atoms with Crippen molar-refractivity contribution in [2.24, 2.45) is 5.92 Å². The Morgan fingerprint density at radius 1 is 0.878 bits per heavy atom. The van der Waals surface area contributed by atoms with Gasteiger partial charge in [-0.2, -0.15) is 0 Å². The highest BCUT2D eigenvalue weighted by Crippen LogP contribution is 2.31. The number of rotatable bonds is 10. The van der Waals surface area contributed by atoms with Crippen LogP contribution >= 0.6 is 0 Å². The maximum atomic E-state index is 14.5. The summed E-state index contributed by atoms with van der Waals surface area (Å²) in [5.74, 6) is -0.826. The van der Waals surface area contributed by atoms with Gasteiger partial charge >= 0.3 is 6.09 Å². The Kier molecular flexibility index (Phi) is 10.5. The van der Waals surface area contributed by atoms with Crippen LogP contribution in [0.1, 0.15) is 78.5 Å². The molecule has 0 spiro atoms. The maximum Gasteiger partial charge on any atom is 0.408 e. The van der Waals surface area contributed by atoms with Crippen molar-refractivity contribution < 1.29 is 19.1 Å². The van der Waals surface area contributed by atoms with Crippen LogP contribution in [0.2, 0.25) is 0 Å². The summed E-state index contributed by atoms with van der Waals surface area (Å²) < 4.78 is 5.51. The van der Waals surface area contributed by atoms with E-state index in [0.717, 1.165) is 21.9 Å². The number of fused-ring (bicyclic) bond motifs is 1. The number of hydrogen-bond acceptors (Lipinski definition) is 4. The highest BCUT2D eigenvalue weighted by atomic mass is 16.6. The van der Waals surface area contributed by atoms with Crippen molar-refractivity contribution in [3.63, 3.8) is 0 Å². The molecule has 0 saturated heterocycles. The summed E-state index contributed by atoms with van der Waals surface area (Å²) in [6.07, 6.45) is 0.615. The molecular formula is C34H45N3O4. The summed E-state index contributed by atoms with van der Waals surface area (Å²) in [5.41, 5.74) is 1.56. The molecule has 0 heterocycles. The maximum absolute atomic E-state index is 14.5. The molecule has 0 radical (unpaired) electrons. The lowest BCUT2D eigenvalue weighted by atomic mass is 9.93. The average molecular weight is 560 g/mol. The molecule has 3 rings (SSSR count). The van der Waals surface area contributed by atoms with Gasteiger partial charge in [0.2, 0.25) is 5.91 Å². The number of alkyl carbamates (subject to hydrolysis) is 1. The van der Waals surface area contributed by atoms with E-state index in [1.54, 1.807) is 25.7 Å². The van der Waals surface area contributed by atoms with Crippen LogP contribution in [0.5, 0.6) is 0 Å². The first-order valence-corrected chi connectivity index (χ1v) is 14.5. The van der Waals surface area contributed by atoms with Crippen LogP contribution in [0.4, 0.5) is 10.5 Å². The molecule has 0 fully saturated rings. The monoisotopic (exact) mass is 559 g/mol. The molecule has 220 valence electrons. The van der Waals surface area contributed by atoms with Gasteiger partial charge in [-0.15, -0.1) is 0 Å². The highest BCUT2D eigenvalue weighted by Gasteiger charge is 2.40. The Bertz CT molecular complexity index is 1360. The fraction of sp³-hybridized carbons (Fsp3) is 0.441. The molecule has 3 aromatic carbocycles. The molecule has 7 heteroatoms. The van der Waals surface area contributed by atoms with Crippen molar-refractivity contribution in [1.82, 2.24) is 10.2 Å². The Balaban J connectivity index is 2.07. The summed E-state index contributed by atoms with van der Waals surface area (Å²) in [6, 6.07) is 19.3. The number of amides is 3. The van der Waals surface area contributed by atoms with E-state index >= 15 is 0 Å². The van der Waals surface area contributed by atoms with Gasteiger partial charge in [0.25, 0.3) is 5.91 Å². The number of benzene rings is 3. The lowest BCUT2D eigenvalue weighted by Gasteiger charge is -2.39. The third-order valence-electron chi connectivity index (χ3n) is 7.50. The van der Waals surface area contributed by atoms with Gasteiger partial charge in [0, 0.05) is 11.7 Å². The molecule has 3 aromatic rings. The smallest absolute Gasteiger partial charge is 0.408 e. The fourth-order valence-corrected chi connectivity index (χ4v) is 4.86. The first-order valence-electron chi connectivity index (χ1n) is 14.5. The van der Waals surface area contributed by atoms with E-state index in [1.807, 2.05) is 101 Å². The van der Waals surface area contributed by atoms with E-state index in [2.05, 4.69) is 10.6 Å². The van der Waals surface area contributed by atoms with Crippen molar-refractivity contribution in [3.8, 4) is 0 Å². The molecule has 0 aromatic heterocycles. The van der Waals surface area contributed by atoms with Gasteiger partial charge in [0.05, 0.1) is 0 Å². The lowest BCUT2D eigenvalue weighted by molar-refractivity contribution is -0.144. The van der Waals surface area contributed by atoms with E-state index in [1.165, 1.54) is 0 Å². The number of carbonyl (C=O) groups excluding carboxylic acids is 3. The van der Waals surface area contributed by atoms with Crippen LogP contribution in [0.15, 0.2) is 66.7 Å². The van der Waals surface area contributed by atoms with E-state index in [4.69, 9.17) is 4.74 Å². The molecule has 0 saturated carbocycles. The first-order chi connectivity index (χ1) is 19.4. The van der Waals surface area contributed by atoms with E-state index in [0.29, 0.717) is 18.5 Å². The first kappa shape index (κ1) is 31.7. The van der Waals surface area contributed by atoms with Gasteiger partial charge in [-0.25, -0.2) is 4.79 Å². The minimum atomic E-state index is -0.919. The third-order valence-corrected chi connectivity index (χ3v) is 7.50. The second kappa shape index (κ2) is 13.7. The van der Waals surface area contributed by atoms with Crippen molar-refractivity contribution in [2.45, 2.75) is 92.0 Å². The van der Waals surface area contributed by atoms with Crippen molar-refractivity contribution >= 4 is 34.4 Å². The fourth-order valence-electron chi connectivity index (χ4n) is 4.86. The van der Waals surface area contributed by atoms with Gasteiger partial charge in [-0.3, -0.25) is 9.59 Å². The molecule has 4 unspecified atom stereocenters. The van der Waals surface area contributed by atoms with Gasteiger partial charge in [-0.1, -0.05) is 81.8 Å². The van der Waals surface area contributed by atoms with Gasteiger partial charge in [0.1, 0.15) is 17.7 Å². The standard InChI is InChI=1S/C34H45N3O4/c1-9-22(3)29(36-33(40)41-34(6,7)8)32(39)37(24(5)10-2)30(28-18-14-11-15-23(28)4)31(38)35-27-20-19-25-16-12-13-17-26(25)21-27/h11-22,24,29-30H,9-10H2,1-8H3,(H,35,38)(H,36,40). The van der Waals surface area contributed by atoms with E-state index in [9.17, 15) is 14.4 Å². The molecular weight excluding hydrogens is 514 g/mol. The zero-order valence-corrected chi connectivity index (χ0v) is 25.7. The van der Waals surface area contributed by atoms with Crippen molar-refractivity contribution in [3.05, 3.63) is 77.9 Å². The molecule has 41 heavy (non-hydrogen) atoms.